The van der Waals surface area contributed by atoms with Crippen LogP contribution in [-0.2, 0) is 10.2 Å². The van der Waals surface area contributed by atoms with E-state index < -0.39 is 10.2 Å². The maximum atomic E-state index is 12.7. The first-order chi connectivity index (χ1) is 14.0. The summed E-state index contributed by atoms with van der Waals surface area (Å²) in [6, 6.07) is 2.95. The second kappa shape index (κ2) is 8.72. The molecule has 0 radical (unpaired) electrons. The van der Waals surface area contributed by atoms with Gasteiger partial charge in [0.05, 0.1) is 6.04 Å². The van der Waals surface area contributed by atoms with Crippen LogP contribution in [0.25, 0.3) is 5.82 Å². The van der Waals surface area contributed by atoms with E-state index in [1.165, 1.54) is 28.1 Å². The van der Waals surface area contributed by atoms with Gasteiger partial charge in [-0.25, -0.2) is 14.3 Å². The van der Waals surface area contributed by atoms with E-state index in [1.54, 1.807) is 10.4 Å². The lowest BCUT2D eigenvalue weighted by Crippen LogP contribution is -2.47. The Labute approximate surface area is 170 Å². The molecule has 2 aliphatic rings. The smallest absolute Gasteiger partial charge is 0.268 e. The third-order valence-electron chi connectivity index (χ3n) is 5.73. The van der Waals surface area contributed by atoms with Crippen LogP contribution in [0.2, 0.25) is 0 Å². The Balaban J connectivity index is 1.39. The first-order valence-electron chi connectivity index (χ1n) is 10.3. The van der Waals surface area contributed by atoms with Crippen LogP contribution in [0.3, 0.4) is 0 Å². The zero-order valence-electron chi connectivity index (χ0n) is 16.4. The van der Waals surface area contributed by atoms with Crippen molar-refractivity contribution in [2.75, 3.05) is 13.1 Å². The van der Waals surface area contributed by atoms with Gasteiger partial charge in [0.2, 0.25) is 0 Å². The second-order valence-corrected chi connectivity index (χ2v) is 9.46. The van der Waals surface area contributed by atoms with Gasteiger partial charge in [-0.2, -0.15) is 22.5 Å². The fraction of sp³-hybridized carbons (Fsp3) is 0.667. The molecule has 1 N–H and O–H groups in total. The molecule has 2 aromatic rings. The molecule has 2 fully saturated rings. The van der Waals surface area contributed by atoms with Crippen LogP contribution in [0.1, 0.15) is 57.4 Å². The minimum atomic E-state index is -3.45. The van der Waals surface area contributed by atoms with Gasteiger partial charge in [0, 0.05) is 25.2 Å². The van der Waals surface area contributed by atoms with Gasteiger partial charge in [-0.1, -0.05) is 12.8 Å². The van der Waals surface area contributed by atoms with Crippen LogP contribution in [0.15, 0.2) is 29.6 Å². The lowest BCUT2D eigenvalue weighted by atomic mass is 9.92. The molecule has 1 saturated carbocycles. The van der Waals surface area contributed by atoms with Crippen LogP contribution >= 0.6 is 0 Å². The van der Waals surface area contributed by atoms with E-state index in [9.17, 15) is 13.2 Å². The topological polar surface area (TPSA) is 115 Å². The highest BCUT2D eigenvalue weighted by molar-refractivity contribution is 7.87. The predicted molar refractivity (Wildman–Crippen MR) is 107 cm³/mol. The van der Waals surface area contributed by atoms with E-state index in [0.717, 1.165) is 25.7 Å². The van der Waals surface area contributed by atoms with Gasteiger partial charge in [-0.3, -0.25) is 4.79 Å². The normalized spacial score (nSPS) is 24.3. The lowest BCUT2D eigenvalue weighted by Gasteiger charge is -2.31. The molecule has 4 rings (SSSR count). The molecular weight excluding hydrogens is 394 g/mol. The highest BCUT2D eigenvalue weighted by Crippen LogP contribution is 2.28. The van der Waals surface area contributed by atoms with Crippen molar-refractivity contribution < 1.29 is 8.42 Å². The first kappa shape index (κ1) is 20.2. The van der Waals surface area contributed by atoms with Gasteiger partial charge in [0.25, 0.3) is 15.8 Å². The highest BCUT2D eigenvalue weighted by atomic mass is 32.2. The van der Waals surface area contributed by atoms with Crippen LogP contribution in [-0.4, -0.2) is 56.4 Å². The molecule has 3 heterocycles. The molecule has 11 heteroatoms. The van der Waals surface area contributed by atoms with Crippen molar-refractivity contribution in [3.8, 4) is 5.82 Å². The summed E-state index contributed by atoms with van der Waals surface area (Å²) in [5.74, 6) is 0.533. The maximum Gasteiger partial charge on any atom is 0.279 e. The van der Waals surface area contributed by atoms with Crippen LogP contribution < -0.4 is 10.3 Å². The summed E-state index contributed by atoms with van der Waals surface area (Å²) < 4.78 is 32.9. The molecular formula is C18H27N7O3S. The Hall–Kier alpha value is -2.11. The summed E-state index contributed by atoms with van der Waals surface area (Å²) in [4.78, 5) is 16.2. The Morgan fingerprint density at radius 2 is 1.72 bits per heavy atom. The maximum absolute atomic E-state index is 12.7. The standard InChI is InChI=1S/C18H27N7O3S/c26-18-10-9-17(24-14-19-13-20-24)21-25(18)16-7-5-15(6-8-16)22-29(27,28)23-11-3-1-2-4-12-23/h9-10,13-16,22H,1-8,11-12H2. The van der Waals surface area contributed by atoms with Crippen molar-refractivity contribution in [2.45, 2.75) is 63.5 Å². The Morgan fingerprint density at radius 1 is 1.00 bits per heavy atom. The van der Waals surface area contributed by atoms with Crippen molar-refractivity contribution in [1.82, 2.24) is 33.6 Å². The molecule has 2 aromatic heterocycles. The van der Waals surface area contributed by atoms with Crippen LogP contribution in [0.4, 0.5) is 0 Å². The number of aromatic nitrogens is 5. The van der Waals surface area contributed by atoms with Crippen molar-refractivity contribution in [3.63, 3.8) is 0 Å². The zero-order chi connectivity index (χ0) is 20.3. The number of nitrogens with zero attached hydrogens (tertiary/aromatic N) is 6. The van der Waals surface area contributed by atoms with Gasteiger partial charge in [-0.05, 0) is 44.6 Å². The molecule has 0 atom stereocenters. The van der Waals surface area contributed by atoms with Gasteiger partial charge in [-0.15, -0.1) is 5.10 Å². The van der Waals surface area contributed by atoms with E-state index in [0.29, 0.717) is 44.6 Å². The molecule has 0 bridgehead atoms. The Kier molecular flexibility index (Phi) is 6.07. The fourth-order valence-electron chi connectivity index (χ4n) is 4.13. The predicted octanol–water partition coefficient (Wildman–Crippen LogP) is 1.02. The molecule has 158 valence electrons. The van der Waals surface area contributed by atoms with E-state index >= 15 is 0 Å². The van der Waals surface area contributed by atoms with Crippen LogP contribution in [0.5, 0.6) is 0 Å². The fourth-order valence-corrected chi connectivity index (χ4v) is 5.68. The van der Waals surface area contributed by atoms with Crippen molar-refractivity contribution in [3.05, 3.63) is 35.1 Å². The third-order valence-corrected chi connectivity index (χ3v) is 7.40. The number of hydrogen-bond acceptors (Lipinski definition) is 6. The molecule has 0 aromatic carbocycles. The lowest BCUT2D eigenvalue weighted by molar-refractivity contribution is 0.281. The van der Waals surface area contributed by atoms with Crippen molar-refractivity contribution >= 4 is 10.2 Å². The number of nitrogens with one attached hydrogen (secondary N) is 1. The molecule has 10 nitrogen and oxygen atoms in total. The van der Waals surface area contributed by atoms with E-state index in [-0.39, 0.29) is 17.6 Å². The summed E-state index contributed by atoms with van der Waals surface area (Å²) in [6.45, 7) is 1.19. The molecule has 1 aliphatic heterocycles. The van der Waals surface area contributed by atoms with E-state index in [1.807, 2.05) is 0 Å². The first-order valence-corrected chi connectivity index (χ1v) is 11.7. The quantitative estimate of drug-likeness (QED) is 0.771. The Bertz CT molecular complexity index is 958. The van der Waals surface area contributed by atoms with Gasteiger partial charge in [0.15, 0.2) is 5.82 Å². The minimum absolute atomic E-state index is 0.0510. The average Bonchev–Trinajstić information content (AvgIpc) is 3.10. The van der Waals surface area contributed by atoms with Gasteiger partial charge in [0.1, 0.15) is 12.7 Å². The SMILES string of the molecule is O=c1ccc(-n2cncn2)nn1C1CCC(NS(=O)(=O)N2CCCCCC2)CC1. The number of rotatable bonds is 5. The summed E-state index contributed by atoms with van der Waals surface area (Å²) in [5, 5.41) is 8.49. The van der Waals surface area contributed by atoms with E-state index in [4.69, 9.17) is 0 Å². The van der Waals surface area contributed by atoms with Gasteiger partial charge < -0.3 is 0 Å². The summed E-state index contributed by atoms with van der Waals surface area (Å²) in [5.41, 5.74) is -0.164. The molecule has 1 aliphatic carbocycles. The van der Waals surface area contributed by atoms with Crippen molar-refractivity contribution in [1.29, 1.82) is 0 Å². The minimum Gasteiger partial charge on any atom is -0.268 e. The van der Waals surface area contributed by atoms with Crippen LogP contribution in [0, 0.1) is 0 Å². The molecule has 0 amide bonds. The molecule has 0 unspecified atom stereocenters. The monoisotopic (exact) mass is 421 g/mol. The molecule has 0 spiro atoms. The van der Waals surface area contributed by atoms with Crippen molar-refractivity contribution in [2.24, 2.45) is 0 Å². The van der Waals surface area contributed by atoms with Gasteiger partial charge >= 0.3 is 0 Å². The summed E-state index contributed by atoms with van der Waals surface area (Å²) in [7, 11) is -3.45. The summed E-state index contributed by atoms with van der Waals surface area (Å²) >= 11 is 0. The van der Waals surface area contributed by atoms with E-state index in [2.05, 4.69) is 19.9 Å². The second-order valence-electron chi connectivity index (χ2n) is 7.76. The molecule has 1 saturated heterocycles. The molecule has 29 heavy (non-hydrogen) atoms. The summed E-state index contributed by atoms with van der Waals surface area (Å²) in [6.07, 6.45) is 9.72. The zero-order valence-corrected chi connectivity index (χ0v) is 17.2. The highest BCUT2D eigenvalue weighted by Gasteiger charge is 2.30. The average molecular weight is 422 g/mol. The largest absolute Gasteiger partial charge is 0.279 e. The third kappa shape index (κ3) is 4.73. The Morgan fingerprint density at radius 3 is 2.38 bits per heavy atom. The number of hydrogen-bond donors (Lipinski definition) is 1.